The van der Waals surface area contributed by atoms with Crippen molar-refractivity contribution < 1.29 is 9.18 Å². The molecule has 1 nitrogen and oxygen atoms in total. The van der Waals surface area contributed by atoms with E-state index in [-0.39, 0.29) is 11.6 Å². The van der Waals surface area contributed by atoms with Gasteiger partial charge in [0, 0.05) is 14.6 Å². The number of hydrogen-bond acceptors (Lipinski definition) is 3. The average molecular weight is 420 g/mol. The summed E-state index contributed by atoms with van der Waals surface area (Å²) in [4.78, 5) is 13.7. The maximum absolute atomic E-state index is 13.1. The van der Waals surface area contributed by atoms with Gasteiger partial charge in [0.1, 0.15) is 5.82 Å². The number of fused-ring (bicyclic) bond motifs is 1. The summed E-state index contributed by atoms with van der Waals surface area (Å²) in [5, 5.41) is 2.76. The molecule has 0 aliphatic heterocycles. The molecule has 0 atom stereocenters. The van der Waals surface area contributed by atoms with Gasteiger partial charge in [-0.05, 0) is 55.4 Å². The van der Waals surface area contributed by atoms with Crippen LogP contribution in [0.4, 0.5) is 4.39 Å². The van der Waals surface area contributed by atoms with E-state index < -0.39 is 0 Å². The molecule has 3 aromatic rings. The molecular weight excluding hydrogens is 415 g/mol. The van der Waals surface area contributed by atoms with E-state index in [1.54, 1.807) is 6.07 Å². The van der Waals surface area contributed by atoms with Crippen molar-refractivity contribution in [1.29, 1.82) is 0 Å². The number of thiophene rings is 2. The lowest BCUT2D eigenvalue weighted by Crippen LogP contribution is -1.95. The number of benzene rings is 1. The normalized spacial score (nSPS) is 11.1. The SMILES string of the molecule is O=C(c1cc2ccc(F)cc2s1)c1scc(Br)c1Br. The van der Waals surface area contributed by atoms with E-state index in [0.29, 0.717) is 9.75 Å². The van der Waals surface area contributed by atoms with Gasteiger partial charge in [0.25, 0.3) is 0 Å². The minimum Gasteiger partial charge on any atom is -0.287 e. The Hall–Kier alpha value is -0.560. The topological polar surface area (TPSA) is 17.1 Å². The maximum atomic E-state index is 13.1. The average Bonchev–Trinajstić information content (AvgIpc) is 2.93. The van der Waals surface area contributed by atoms with E-state index in [2.05, 4.69) is 31.9 Å². The summed E-state index contributed by atoms with van der Waals surface area (Å²) in [7, 11) is 0. The highest BCUT2D eigenvalue weighted by Crippen LogP contribution is 2.36. The smallest absolute Gasteiger partial charge is 0.214 e. The third kappa shape index (κ3) is 2.42. The van der Waals surface area contributed by atoms with Gasteiger partial charge in [0.05, 0.1) is 14.2 Å². The van der Waals surface area contributed by atoms with Crippen LogP contribution in [0.15, 0.2) is 38.6 Å². The Kier molecular flexibility index (Phi) is 3.59. The number of halogens is 3. The van der Waals surface area contributed by atoms with Gasteiger partial charge in [0.15, 0.2) is 0 Å². The van der Waals surface area contributed by atoms with Gasteiger partial charge in [-0.2, -0.15) is 0 Å². The molecule has 0 unspecified atom stereocenters. The van der Waals surface area contributed by atoms with Crippen LogP contribution < -0.4 is 0 Å². The van der Waals surface area contributed by atoms with Crippen molar-refractivity contribution in [3.05, 3.63) is 54.2 Å². The second kappa shape index (κ2) is 5.09. The second-order valence-corrected chi connectivity index (χ2v) is 7.46. The minimum atomic E-state index is -0.284. The molecule has 6 heteroatoms. The highest BCUT2D eigenvalue weighted by atomic mass is 79.9. The maximum Gasteiger partial charge on any atom is 0.214 e. The first-order valence-electron chi connectivity index (χ1n) is 5.22. The van der Waals surface area contributed by atoms with E-state index in [0.717, 1.165) is 19.0 Å². The molecule has 0 aliphatic rings. The zero-order valence-electron chi connectivity index (χ0n) is 9.25. The van der Waals surface area contributed by atoms with Crippen LogP contribution in [0.5, 0.6) is 0 Å². The van der Waals surface area contributed by atoms with Crippen molar-refractivity contribution in [2.45, 2.75) is 0 Å². The second-order valence-electron chi connectivity index (χ2n) is 3.85. The van der Waals surface area contributed by atoms with E-state index in [9.17, 15) is 9.18 Å². The molecule has 0 N–H and O–H groups in total. The molecule has 2 aromatic heterocycles. The summed E-state index contributed by atoms with van der Waals surface area (Å²) < 4.78 is 15.6. The molecule has 0 saturated heterocycles. The van der Waals surface area contributed by atoms with Crippen molar-refractivity contribution >= 4 is 70.4 Å². The molecule has 1 aromatic carbocycles. The first-order valence-corrected chi connectivity index (χ1v) is 8.51. The number of rotatable bonds is 2. The Labute approximate surface area is 133 Å². The van der Waals surface area contributed by atoms with Crippen LogP contribution in [0.2, 0.25) is 0 Å². The molecule has 2 heterocycles. The van der Waals surface area contributed by atoms with Gasteiger partial charge < -0.3 is 0 Å². The predicted octanol–water partition coefficient (Wildman–Crippen LogP) is 5.86. The number of hydrogen-bond donors (Lipinski definition) is 0. The van der Waals surface area contributed by atoms with E-state index in [1.165, 1.54) is 34.8 Å². The van der Waals surface area contributed by atoms with E-state index in [4.69, 9.17) is 0 Å². The Balaban J connectivity index is 2.09. The largest absolute Gasteiger partial charge is 0.287 e. The Morgan fingerprint density at radius 2 is 2.00 bits per heavy atom. The van der Waals surface area contributed by atoms with Crippen LogP contribution in [0, 0.1) is 5.82 Å². The fraction of sp³-hybridized carbons (Fsp3) is 0. The highest BCUT2D eigenvalue weighted by Gasteiger charge is 2.19. The predicted molar refractivity (Wildman–Crippen MR) is 84.9 cm³/mol. The lowest BCUT2D eigenvalue weighted by Gasteiger charge is -1.94. The molecule has 0 aliphatic carbocycles. The van der Waals surface area contributed by atoms with Gasteiger partial charge in [0.2, 0.25) is 5.78 Å². The monoisotopic (exact) mass is 418 g/mol. The Bertz CT molecular complexity index is 791. The summed E-state index contributed by atoms with van der Waals surface area (Å²) in [6, 6.07) is 6.36. The fourth-order valence-corrected chi connectivity index (χ4v) is 4.91. The summed E-state index contributed by atoms with van der Waals surface area (Å²) in [6.07, 6.45) is 0. The molecule has 19 heavy (non-hydrogen) atoms. The molecule has 0 saturated carbocycles. The van der Waals surface area contributed by atoms with Crippen LogP contribution in [0.1, 0.15) is 14.5 Å². The van der Waals surface area contributed by atoms with Crippen LogP contribution in [0.25, 0.3) is 10.1 Å². The van der Waals surface area contributed by atoms with Gasteiger partial charge in [-0.25, -0.2) is 4.39 Å². The molecule has 0 bridgehead atoms. The van der Waals surface area contributed by atoms with Gasteiger partial charge in [-0.3, -0.25) is 4.79 Å². The van der Waals surface area contributed by atoms with Crippen LogP contribution in [0.3, 0.4) is 0 Å². The summed E-state index contributed by atoms with van der Waals surface area (Å²) in [5.41, 5.74) is 0. The molecular formula is C13H5Br2FOS2. The standard InChI is InChI=1S/C13H5Br2FOS2/c14-8-5-18-13(11(8)15)12(17)10-3-6-1-2-7(16)4-9(6)19-10/h1-5H. The third-order valence-electron chi connectivity index (χ3n) is 2.60. The van der Waals surface area contributed by atoms with Crippen LogP contribution in [-0.4, -0.2) is 5.78 Å². The minimum absolute atomic E-state index is 0.0378. The van der Waals surface area contributed by atoms with Crippen molar-refractivity contribution in [2.24, 2.45) is 0 Å². The highest BCUT2D eigenvalue weighted by molar-refractivity contribution is 9.13. The van der Waals surface area contributed by atoms with Gasteiger partial charge in [-0.15, -0.1) is 22.7 Å². The summed E-state index contributed by atoms with van der Waals surface area (Å²) in [6.45, 7) is 0. The lowest BCUT2D eigenvalue weighted by molar-refractivity contribution is 0.104. The molecule has 3 rings (SSSR count). The quantitative estimate of drug-likeness (QED) is 0.475. The lowest BCUT2D eigenvalue weighted by atomic mass is 10.2. The number of ketones is 1. The molecule has 0 fully saturated rings. The van der Waals surface area contributed by atoms with Crippen LogP contribution in [-0.2, 0) is 0 Å². The molecule has 0 radical (unpaired) electrons. The fourth-order valence-electron chi connectivity index (χ4n) is 1.70. The number of carbonyl (C=O) groups is 1. The Morgan fingerprint density at radius 1 is 1.21 bits per heavy atom. The summed E-state index contributed by atoms with van der Waals surface area (Å²) in [5.74, 6) is -0.322. The van der Waals surface area contributed by atoms with Crippen LogP contribution >= 0.6 is 54.5 Å². The molecule has 96 valence electrons. The third-order valence-corrected chi connectivity index (χ3v) is 7.22. The zero-order chi connectivity index (χ0) is 13.6. The van der Waals surface area contributed by atoms with Gasteiger partial charge in [-0.1, -0.05) is 6.07 Å². The van der Waals surface area contributed by atoms with Crippen molar-refractivity contribution in [3.63, 3.8) is 0 Å². The molecule has 0 spiro atoms. The van der Waals surface area contributed by atoms with Crippen molar-refractivity contribution in [1.82, 2.24) is 0 Å². The van der Waals surface area contributed by atoms with E-state index in [1.807, 2.05) is 11.4 Å². The summed E-state index contributed by atoms with van der Waals surface area (Å²) >= 11 is 9.45. The zero-order valence-corrected chi connectivity index (χ0v) is 14.1. The first-order chi connectivity index (χ1) is 9.06. The van der Waals surface area contributed by atoms with Crippen molar-refractivity contribution in [2.75, 3.05) is 0 Å². The first kappa shape index (κ1) is 13.4. The number of carbonyl (C=O) groups excluding carboxylic acids is 1. The van der Waals surface area contributed by atoms with Crippen molar-refractivity contribution in [3.8, 4) is 0 Å². The molecule has 0 amide bonds. The Morgan fingerprint density at radius 3 is 2.68 bits per heavy atom. The van der Waals surface area contributed by atoms with E-state index >= 15 is 0 Å². The van der Waals surface area contributed by atoms with Gasteiger partial charge >= 0.3 is 0 Å².